The number of nitrogens with zero attached hydrogens (tertiary/aromatic N) is 3. The predicted molar refractivity (Wildman–Crippen MR) is 82.7 cm³/mol. The van der Waals surface area contributed by atoms with Gasteiger partial charge < -0.3 is 5.73 Å². The minimum Gasteiger partial charge on any atom is -0.320 e. The van der Waals surface area contributed by atoms with Crippen molar-refractivity contribution in [3.8, 4) is 0 Å². The van der Waals surface area contributed by atoms with Crippen molar-refractivity contribution in [3.05, 3.63) is 36.2 Å². The van der Waals surface area contributed by atoms with Crippen LogP contribution in [0.25, 0.3) is 11.0 Å². The lowest BCUT2D eigenvalue weighted by molar-refractivity contribution is -0.123. The highest BCUT2D eigenvalue weighted by atomic mass is 16.2. The van der Waals surface area contributed by atoms with Gasteiger partial charge in [0, 0.05) is 18.0 Å². The highest BCUT2D eigenvalue weighted by Crippen LogP contribution is 2.11. The number of hydrogen-bond donors (Lipinski definition) is 2. The highest BCUT2D eigenvalue weighted by molar-refractivity contribution is 5.96. The number of fused-ring (bicyclic) bond motifs is 1. The largest absolute Gasteiger partial charge is 0.320 e. The summed E-state index contributed by atoms with van der Waals surface area (Å²) in [5, 5.41) is 3.96. The van der Waals surface area contributed by atoms with Crippen molar-refractivity contribution in [2.24, 2.45) is 16.8 Å². The lowest BCUT2D eigenvalue weighted by Gasteiger charge is -2.15. The summed E-state index contributed by atoms with van der Waals surface area (Å²) in [6.45, 7) is 3.93. The van der Waals surface area contributed by atoms with E-state index in [1.165, 1.54) is 0 Å². The number of rotatable bonds is 5. The standard InChI is InChI=1S/C15H19N5O/c1-3-10(2)13(16)15(21)20-19-9-11-5-4-6-12-14(11)18-8-7-17-12/h4-10,13H,3,16H2,1-2H3,(H,20,21)/b19-9-/t10-,13+/m0/s1. The lowest BCUT2D eigenvalue weighted by Crippen LogP contribution is -2.42. The van der Waals surface area contributed by atoms with Gasteiger partial charge in [-0.05, 0) is 12.0 Å². The SMILES string of the molecule is CC[C@H](C)[C@@H](N)C(=O)N/N=C\c1cccc2nccnc12. The topological polar surface area (TPSA) is 93.3 Å². The molecule has 1 heterocycles. The molecule has 0 aliphatic carbocycles. The molecule has 1 amide bonds. The molecule has 0 radical (unpaired) electrons. The molecule has 1 aromatic heterocycles. The molecule has 1 aromatic carbocycles. The number of hydrogen-bond acceptors (Lipinski definition) is 5. The number of hydrazone groups is 1. The van der Waals surface area contributed by atoms with Crippen molar-refractivity contribution in [1.29, 1.82) is 0 Å². The van der Waals surface area contributed by atoms with E-state index in [4.69, 9.17) is 5.73 Å². The van der Waals surface area contributed by atoms with E-state index in [1.807, 2.05) is 32.0 Å². The molecular weight excluding hydrogens is 266 g/mol. The summed E-state index contributed by atoms with van der Waals surface area (Å²) < 4.78 is 0. The van der Waals surface area contributed by atoms with Crippen LogP contribution in [0.3, 0.4) is 0 Å². The van der Waals surface area contributed by atoms with Crippen molar-refractivity contribution in [2.75, 3.05) is 0 Å². The van der Waals surface area contributed by atoms with Crippen LogP contribution in [-0.2, 0) is 4.79 Å². The third kappa shape index (κ3) is 3.61. The minimum atomic E-state index is -0.556. The maximum absolute atomic E-state index is 11.8. The zero-order valence-corrected chi connectivity index (χ0v) is 12.2. The first kappa shape index (κ1) is 15.1. The van der Waals surface area contributed by atoms with Crippen molar-refractivity contribution in [2.45, 2.75) is 26.3 Å². The summed E-state index contributed by atoms with van der Waals surface area (Å²) >= 11 is 0. The van der Waals surface area contributed by atoms with Gasteiger partial charge in [-0.25, -0.2) is 5.43 Å². The molecule has 0 spiro atoms. The number of para-hydroxylation sites is 1. The van der Waals surface area contributed by atoms with E-state index in [-0.39, 0.29) is 11.8 Å². The molecule has 2 atom stereocenters. The van der Waals surface area contributed by atoms with Gasteiger partial charge in [0.1, 0.15) is 0 Å². The Kier molecular flexibility index (Phi) is 4.94. The van der Waals surface area contributed by atoms with E-state index in [1.54, 1.807) is 18.6 Å². The Bertz CT molecular complexity index is 650. The number of benzene rings is 1. The molecule has 0 unspecified atom stereocenters. The van der Waals surface area contributed by atoms with Crippen LogP contribution < -0.4 is 11.2 Å². The Hall–Kier alpha value is -2.34. The van der Waals surface area contributed by atoms with E-state index in [2.05, 4.69) is 20.5 Å². The lowest BCUT2D eigenvalue weighted by atomic mass is 10.00. The Morgan fingerprint density at radius 1 is 1.43 bits per heavy atom. The second-order valence-corrected chi connectivity index (χ2v) is 4.92. The van der Waals surface area contributed by atoms with Gasteiger partial charge in [-0.2, -0.15) is 5.10 Å². The number of amides is 1. The fourth-order valence-electron chi connectivity index (χ4n) is 1.87. The van der Waals surface area contributed by atoms with E-state index in [0.29, 0.717) is 0 Å². The normalized spacial score (nSPS) is 14.2. The summed E-state index contributed by atoms with van der Waals surface area (Å²) in [6, 6.07) is 5.04. The molecule has 0 bridgehead atoms. The molecule has 0 fully saturated rings. The number of aromatic nitrogens is 2. The molecule has 21 heavy (non-hydrogen) atoms. The molecule has 0 aliphatic rings. The van der Waals surface area contributed by atoms with Crippen molar-refractivity contribution in [1.82, 2.24) is 15.4 Å². The highest BCUT2D eigenvalue weighted by Gasteiger charge is 2.18. The van der Waals surface area contributed by atoms with E-state index in [0.717, 1.165) is 23.0 Å². The zero-order chi connectivity index (χ0) is 15.2. The summed E-state index contributed by atoms with van der Waals surface area (Å²) in [6.07, 6.45) is 5.66. The third-order valence-corrected chi connectivity index (χ3v) is 3.47. The number of nitrogens with one attached hydrogen (secondary N) is 1. The summed E-state index contributed by atoms with van der Waals surface area (Å²) in [5.74, 6) is -0.171. The molecule has 3 N–H and O–H groups in total. The number of carbonyl (C=O) groups excluding carboxylic acids is 1. The zero-order valence-electron chi connectivity index (χ0n) is 12.2. The van der Waals surface area contributed by atoms with Crippen LogP contribution in [0.2, 0.25) is 0 Å². The first-order valence-electron chi connectivity index (χ1n) is 6.91. The molecule has 6 heteroatoms. The Morgan fingerprint density at radius 3 is 2.95 bits per heavy atom. The van der Waals surface area contributed by atoms with Crippen LogP contribution in [0, 0.1) is 5.92 Å². The van der Waals surface area contributed by atoms with Crippen LogP contribution in [0.4, 0.5) is 0 Å². The Morgan fingerprint density at radius 2 is 2.19 bits per heavy atom. The molecule has 0 saturated carbocycles. The molecule has 6 nitrogen and oxygen atoms in total. The monoisotopic (exact) mass is 285 g/mol. The molecule has 110 valence electrons. The van der Waals surface area contributed by atoms with Gasteiger partial charge in [-0.1, -0.05) is 32.4 Å². The maximum atomic E-state index is 11.8. The molecule has 0 saturated heterocycles. The van der Waals surface area contributed by atoms with Crippen LogP contribution in [0.5, 0.6) is 0 Å². The first-order valence-corrected chi connectivity index (χ1v) is 6.91. The first-order chi connectivity index (χ1) is 10.1. The number of carbonyl (C=O) groups is 1. The van der Waals surface area contributed by atoms with Gasteiger partial charge in [0.2, 0.25) is 0 Å². The predicted octanol–water partition coefficient (Wildman–Crippen LogP) is 1.45. The van der Waals surface area contributed by atoms with Crippen LogP contribution in [-0.4, -0.2) is 28.1 Å². The summed E-state index contributed by atoms with van der Waals surface area (Å²) in [5.41, 5.74) is 10.6. The van der Waals surface area contributed by atoms with Gasteiger partial charge >= 0.3 is 0 Å². The fourth-order valence-corrected chi connectivity index (χ4v) is 1.87. The van der Waals surface area contributed by atoms with E-state index < -0.39 is 6.04 Å². The van der Waals surface area contributed by atoms with Crippen LogP contribution in [0.1, 0.15) is 25.8 Å². The van der Waals surface area contributed by atoms with Crippen molar-refractivity contribution in [3.63, 3.8) is 0 Å². The smallest absolute Gasteiger partial charge is 0.257 e. The Labute approximate surface area is 123 Å². The van der Waals surface area contributed by atoms with Gasteiger partial charge in [-0.15, -0.1) is 0 Å². The second-order valence-electron chi connectivity index (χ2n) is 4.92. The fraction of sp³-hybridized carbons (Fsp3) is 0.333. The molecular formula is C15H19N5O. The third-order valence-electron chi connectivity index (χ3n) is 3.47. The summed E-state index contributed by atoms with van der Waals surface area (Å²) in [4.78, 5) is 20.3. The molecule has 0 aliphatic heterocycles. The maximum Gasteiger partial charge on any atom is 0.257 e. The Balaban J connectivity index is 2.09. The minimum absolute atomic E-state index is 0.114. The average Bonchev–Trinajstić information content (AvgIpc) is 2.53. The summed E-state index contributed by atoms with van der Waals surface area (Å²) in [7, 11) is 0. The second kappa shape index (κ2) is 6.90. The van der Waals surface area contributed by atoms with Gasteiger partial charge in [0.05, 0.1) is 23.3 Å². The van der Waals surface area contributed by atoms with Crippen molar-refractivity contribution < 1.29 is 4.79 Å². The van der Waals surface area contributed by atoms with E-state index in [9.17, 15) is 4.79 Å². The van der Waals surface area contributed by atoms with Gasteiger partial charge in [0.25, 0.3) is 5.91 Å². The average molecular weight is 285 g/mol. The van der Waals surface area contributed by atoms with Crippen LogP contribution >= 0.6 is 0 Å². The molecule has 2 aromatic rings. The quantitative estimate of drug-likeness (QED) is 0.642. The van der Waals surface area contributed by atoms with Gasteiger partial charge in [0.15, 0.2) is 0 Å². The van der Waals surface area contributed by atoms with Gasteiger partial charge in [-0.3, -0.25) is 14.8 Å². The number of nitrogens with two attached hydrogens (primary N) is 1. The van der Waals surface area contributed by atoms with Crippen LogP contribution in [0.15, 0.2) is 35.7 Å². The van der Waals surface area contributed by atoms with Crippen molar-refractivity contribution >= 4 is 23.2 Å². The van der Waals surface area contributed by atoms with E-state index >= 15 is 0 Å². The molecule has 2 rings (SSSR count).